The third-order valence-corrected chi connectivity index (χ3v) is 6.35. The summed E-state index contributed by atoms with van der Waals surface area (Å²) in [5, 5.41) is 16.2. The molecular formula is C18H31N5OS. The van der Waals surface area contributed by atoms with Gasteiger partial charge in [-0.1, -0.05) is 43.9 Å². The predicted molar refractivity (Wildman–Crippen MR) is 101 cm³/mol. The summed E-state index contributed by atoms with van der Waals surface area (Å²) in [6.45, 7) is 2.07. The molecule has 1 amide bonds. The lowest BCUT2D eigenvalue weighted by Crippen LogP contribution is -2.36. The zero-order valence-electron chi connectivity index (χ0n) is 15.3. The lowest BCUT2D eigenvalue weighted by atomic mass is 9.97. The summed E-state index contributed by atoms with van der Waals surface area (Å²) >= 11 is 1.49. The van der Waals surface area contributed by atoms with Crippen LogP contribution in [-0.2, 0) is 11.8 Å². The number of amides is 1. The highest BCUT2D eigenvalue weighted by Gasteiger charge is 2.22. The van der Waals surface area contributed by atoms with E-state index in [2.05, 4.69) is 25.4 Å². The fourth-order valence-corrected chi connectivity index (χ4v) is 4.61. The Kier molecular flexibility index (Phi) is 7.16. The van der Waals surface area contributed by atoms with Crippen LogP contribution in [0, 0.1) is 0 Å². The second-order valence-corrected chi connectivity index (χ2v) is 8.28. The minimum atomic E-state index is 0.124. The molecule has 7 heteroatoms. The quantitative estimate of drug-likeness (QED) is 0.785. The molecule has 1 aliphatic heterocycles. The van der Waals surface area contributed by atoms with E-state index in [1.54, 1.807) is 0 Å². The normalized spacial score (nSPS) is 23.0. The van der Waals surface area contributed by atoms with Gasteiger partial charge in [-0.05, 0) is 32.2 Å². The molecule has 25 heavy (non-hydrogen) atoms. The monoisotopic (exact) mass is 365 g/mol. The van der Waals surface area contributed by atoms with Crippen LogP contribution in [0.5, 0.6) is 0 Å². The molecule has 0 spiro atoms. The first-order chi connectivity index (χ1) is 12.2. The number of thioether (sulfide) groups is 1. The molecule has 1 aliphatic carbocycles. The predicted octanol–water partition coefficient (Wildman–Crippen LogP) is 2.60. The smallest absolute Gasteiger partial charge is 0.230 e. The van der Waals surface area contributed by atoms with Crippen molar-refractivity contribution in [3.8, 4) is 0 Å². The average Bonchev–Trinajstić information content (AvgIpc) is 2.97. The van der Waals surface area contributed by atoms with Crippen molar-refractivity contribution in [1.29, 1.82) is 0 Å². The number of aromatic nitrogens is 3. The molecule has 3 rings (SSSR count). The van der Waals surface area contributed by atoms with E-state index >= 15 is 0 Å². The zero-order valence-corrected chi connectivity index (χ0v) is 16.1. The van der Waals surface area contributed by atoms with Crippen LogP contribution in [0.15, 0.2) is 5.16 Å². The molecule has 1 aromatic heterocycles. The van der Waals surface area contributed by atoms with Crippen molar-refractivity contribution >= 4 is 17.7 Å². The molecule has 1 aromatic rings. The van der Waals surface area contributed by atoms with Gasteiger partial charge in [0, 0.05) is 25.6 Å². The van der Waals surface area contributed by atoms with E-state index in [1.807, 2.05) is 7.05 Å². The maximum Gasteiger partial charge on any atom is 0.230 e. The van der Waals surface area contributed by atoms with Crippen LogP contribution in [0.4, 0.5) is 0 Å². The first-order valence-electron chi connectivity index (χ1n) is 9.76. The van der Waals surface area contributed by atoms with Crippen molar-refractivity contribution < 1.29 is 4.79 Å². The van der Waals surface area contributed by atoms with Gasteiger partial charge in [-0.3, -0.25) is 4.79 Å². The molecule has 1 saturated heterocycles. The lowest BCUT2D eigenvalue weighted by Gasteiger charge is -2.22. The molecule has 1 atom stereocenters. The Morgan fingerprint density at radius 2 is 1.92 bits per heavy atom. The molecule has 0 unspecified atom stereocenters. The molecule has 2 aliphatic rings. The Hall–Kier alpha value is -1.08. The van der Waals surface area contributed by atoms with Gasteiger partial charge in [0.05, 0.1) is 5.75 Å². The van der Waals surface area contributed by atoms with Crippen LogP contribution in [-0.4, -0.2) is 45.6 Å². The second-order valence-electron chi connectivity index (χ2n) is 7.34. The summed E-state index contributed by atoms with van der Waals surface area (Å²) in [5.74, 6) is 2.02. The molecule has 2 fully saturated rings. The Labute approximate surface area is 154 Å². The molecular weight excluding hydrogens is 334 g/mol. The standard InChI is InChI=1S/C18H31N5OS/c1-23-17(14-8-7-11-19-12-14)21-22-18(23)25-13-16(24)20-15-9-5-3-2-4-6-10-15/h14-15,19H,2-13H2,1H3,(H,20,24)/t14-/m0/s1. The number of piperidine rings is 1. The van der Waals surface area contributed by atoms with Gasteiger partial charge in [-0.15, -0.1) is 10.2 Å². The lowest BCUT2D eigenvalue weighted by molar-refractivity contribution is -0.119. The first kappa shape index (κ1) is 18.7. The fraction of sp³-hybridized carbons (Fsp3) is 0.833. The van der Waals surface area contributed by atoms with Crippen molar-refractivity contribution in [3.63, 3.8) is 0 Å². The number of hydrogen-bond acceptors (Lipinski definition) is 5. The summed E-state index contributed by atoms with van der Waals surface area (Å²) in [6.07, 6.45) is 11.0. The Balaban J connectivity index is 1.47. The summed E-state index contributed by atoms with van der Waals surface area (Å²) in [4.78, 5) is 12.3. The van der Waals surface area contributed by atoms with E-state index in [0.29, 0.717) is 17.7 Å². The van der Waals surface area contributed by atoms with Crippen LogP contribution >= 0.6 is 11.8 Å². The molecule has 2 heterocycles. The number of carbonyl (C=O) groups excluding carboxylic acids is 1. The molecule has 0 aromatic carbocycles. The van der Waals surface area contributed by atoms with Crippen molar-refractivity contribution in [2.45, 2.75) is 74.9 Å². The Morgan fingerprint density at radius 1 is 1.16 bits per heavy atom. The van der Waals surface area contributed by atoms with Crippen LogP contribution in [0.1, 0.15) is 69.5 Å². The third kappa shape index (κ3) is 5.45. The van der Waals surface area contributed by atoms with E-state index in [4.69, 9.17) is 0 Å². The highest BCUT2D eigenvalue weighted by atomic mass is 32.2. The minimum absolute atomic E-state index is 0.124. The van der Waals surface area contributed by atoms with Crippen LogP contribution in [0.2, 0.25) is 0 Å². The summed E-state index contributed by atoms with van der Waals surface area (Å²) in [7, 11) is 2.01. The van der Waals surface area contributed by atoms with Gasteiger partial charge in [0.2, 0.25) is 5.91 Å². The van der Waals surface area contributed by atoms with Crippen molar-refractivity contribution in [1.82, 2.24) is 25.4 Å². The van der Waals surface area contributed by atoms with E-state index < -0.39 is 0 Å². The molecule has 140 valence electrons. The highest BCUT2D eigenvalue weighted by molar-refractivity contribution is 7.99. The van der Waals surface area contributed by atoms with Gasteiger partial charge in [0.25, 0.3) is 0 Å². The average molecular weight is 366 g/mol. The van der Waals surface area contributed by atoms with Crippen LogP contribution in [0.3, 0.4) is 0 Å². The topological polar surface area (TPSA) is 71.8 Å². The summed E-state index contributed by atoms with van der Waals surface area (Å²) in [6, 6.07) is 0.358. The number of nitrogens with zero attached hydrogens (tertiary/aromatic N) is 3. The number of hydrogen-bond donors (Lipinski definition) is 2. The second kappa shape index (κ2) is 9.57. The van der Waals surface area contributed by atoms with E-state index in [1.165, 1.54) is 50.3 Å². The number of carbonyl (C=O) groups is 1. The van der Waals surface area contributed by atoms with Crippen LogP contribution in [0.25, 0.3) is 0 Å². The van der Waals surface area contributed by atoms with Gasteiger partial charge in [-0.2, -0.15) is 0 Å². The Bertz CT molecular complexity index is 548. The van der Waals surface area contributed by atoms with Gasteiger partial charge in [0.15, 0.2) is 5.16 Å². The maximum absolute atomic E-state index is 12.3. The SMILES string of the molecule is Cn1c(SCC(=O)NC2CCCCCCC2)nnc1[C@H]1CCCNC1. The van der Waals surface area contributed by atoms with E-state index in [-0.39, 0.29) is 5.91 Å². The van der Waals surface area contributed by atoms with Gasteiger partial charge >= 0.3 is 0 Å². The number of nitrogens with one attached hydrogen (secondary N) is 2. The Morgan fingerprint density at radius 3 is 2.64 bits per heavy atom. The molecule has 0 bridgehead atoms. The van der Waals surface area contributed by atoms with Crippen LogP contribution < -0.4 is 10.6 Å². The number of rotatable bonds is 5. The minimum Gasteiger partial charge on any atom is -0.353 e. The van der Waals surface area contributed by atoms with E-state index in [0.717, 1.165) is 43.3 Å². The summed E-state index contributed by atoms with van der Waals surface area (Å²) in [5.41, 5.74) is 0. The van der Waals surface area contributed by atoms with E-state index in [9.17, 15) is 4.79 Å². The molecule has 1 saturated carbocycles. The van der Waals surface area contributed by atoms with Crippen molar-refractivity contribution in [2.75, 3.05) is 18.8 Å². The molecule has 6 nitrogen and oxygen atoms in total. The fourth-order valence-electron chi connectivity index (χ4n) is 3.88. The van der Waals surface area contributed by atoms with Gasteiger partial charge in [-0.25, -0.2) is 0 Å². The largest absolute Gasteiger partial charge is 0.353 e. The molecule has 0 radical (unpaired) electrons. The van der Waals surface area contributed by atoms with Gasteiger partial charge < -0.3 is 15.2 Å². The van der Waals surface area contributed by atoms with Gasteiger partial charge in [0.1, 0.15) is 5.82 Å². The highest BCUT2D eigenvalue weighted by Crippen LogP contribution is 2.25. The zero-order chi connectivity index (χ0) is 17.5. The summed E-state index contributed by atoms with van der Waals surface area (Å²) < 4.78 is 2.06. The maximum atomic E-state index is 12.3. The molecule has 2 N–H and O–H groups in total. The third-order valence-electron chi connectivity index (χ3n) is 5.33. The van der Waals surface area contributed by atoms with Crippen molar-refractivity contribution in [3.05, 3.63) is 5.82 Å². The first-order valence-corrected chi connectivity index (χ1v) is 10.7. The van der Waals surface area contributed by atoms with Crippen molar-refractivity contribution in [2.24, 2.45) is 7.05 Å².